The van der Waals surface area contributed by atoms with Crippen molar-refractivity contribution < 1.29 is 28.5 Å². The number of nitrogen functional groups attached to an aromatic ring is 1. The minimum atomic E-state index is -1.02. The average molecular weight is 543 g/mol. The fraction of sp³-hybridized carbons (Fsp3) is 0.292. The summed E-state index contributed by atoms with van der Waals surface area (Å²) < 4.78 is 23.4. The van der Waals surface area contributed by atoms with Crippen molar-refractivity contribution in [2.45, 2.75) is 25.9 Å². The molecule has 13 nitrogen and oxygen atoms in total. The van der Waals surface area contributed by atoms with Crippen molar-refractivity contribution in [3.63, 3.8) is 0 Å². The van der Waals surface area contributed by atoms with Crippen LogP contribution in [0.1, 0.15) is 30.8 Å². The van der Waals surface area contributed by atoms with Gasteiger partial charge in [-0.05, 0) is 32.0 Å². The van der Waals surface area contributed by atoms with Crippen molar-refractivity contribution >= 4 is 28.2 Å². The summed E-state index contributed by atoms with van der Waals surface area (Å²) in [6.45, 7) is 3.25. The van der Waals surface area contributed by atoms with E-state index in [2.05, 4.69) is 20.6 Å². The second-order valence-electron chi connectivity index (χ2n) is 8.60. The van der Waals surface area contributed by atoms with Crippen LogP contribution in [0, 0.1) is 0 Å². The molecule has 0 aliphatic carbocycles. The summed E-state index contributed by atoms with van der Waals surface area (Å²) in [6, 6.07) is 8.01. The number of aliphatic hydroxyl groups is 1. The standard InChI is InChI=1S/C24H26N6O7S/c1-24(2,33)9-11-36-19-13(18-14(34-3)6-5-7-15(18)35-4)12-16(37-21(19)32)20(31)27-22-28-29-23(38-22)30-17(25)8-10-26-30/h5-8,10,12,33H,9,11,25H2,1-4H3,(H,27,28,31). The Bertz CT molecular complexity index is 1480. The molecule has 0 bridgehead atoms. The molecule has 0 saturated heterocycles. The lowest BCUT2D eigenvalue weighted by Crippen LogP contribution is -2.23. The molecule has 0 aliphatic rings. The van der Waals surface area contributed by atoms with Crippen molar-refractivity contribution in [2.24, 2.45) is 0 Å². The number of amides is 1. The van der Waals surface area contributed by atoms with Crippen LogP contribution < -0.4 is 30.9 Å². The zero-order chi connectivity index (χ0) is 27.4. The minimum Gasteiger partial charge on any atom is -0.496 e. The summed E-state index contributed by atoms with van der Waals surface area (Å²) in [5.41, 5.74) is 4.50. The highest BCUT2D eigenvalue weighted by Gasteiger charge is 2.25. The lowest BCUT2D eigenvalue weighted by Gasteiger charge is -2.19. The molecule has 0 unspecified atom stereocenters. The maximum Gasteiger partial charge on any atom is 0.379 e. The van der Waals surface area contributed by atoms with Gasteiger partial charge in [-0.1, -0.05) is 17.4 Å². The molecule has 1 amide bonds. The molecule has 0 spiro atoms. The van der Waals surface area contributed by atoms with E-state index in [0.29, 0.717) is 28.0 Å². The SMILES string of the molecule is COc1cccc(OC)c1-c1cc(C(=O)Nc2nnc(-n3nccc3N)s2)oc(=O)c1OCCC(C)(C)O. The molecule has 4 rings (SSSR count). The zero-order valence-corrected chi connectivity index (χ0v) is 21.9. The number of carbonyl (C=O) groups is 1. The molecule has 200 valence electrons. The minimum absolute atomic E-state index is 0.00832. The number of aromatic nitrogens is 4. The predicted molar refractivity (Wildman–Crippen MR) is 139 cm³/mol. The third-order valence-electron chi connectivity index (χ3n) is 5.28. The number of benzene rings is 1. The van der Waals surface area contributed by atoms with E-state index in [1.54, 1.807) is 38.1 Å². The smallest absolute Gasteiger partial charge is 0.379 e. The molecule has 0 atom stereocenters. The molecule has 4 aromatic rings. The number of rotatable bonds is 10. The molecule has 14 heteroatoms. The fourth-order valence-corrected chi connectivity index (χ4v) is 4.14. The first-order chi connectivity index (χ1) is 18.1. The van der Waals surface area contributed by atoms with Crippen molar-refractivity contribution in [3.05, 3.63) is 52.7 Å². The molecule has 3 heterocycles. The number of carbonyl (C=O) groups excluding carboxylic acids is 1. The van der Waals surface area contributed by atoms with Crippen LogP contribution in [0.2, 0.25) is 0 Å². The number of hydrogen-bond donors (Lipinski definition) is 3. The maximum absolute atomic E-state index is 13.1. The van der Waals surface area contributed by atoms with E-state index in [0.717, 1.165) is 11.3 Å². The summed E-state index contributed by atoms with van der Waals surface area (Å²) in [5, 5.41) is 25.0. The zero-order valence-electron chi connectivity index (χ0n) is 21.0. The van der Waals surface area contributed by atoms with Gasteiger partial charge in [-0.3, -0.25) is 10.1 Å². The number of nitrogens with zero attached hydrogens (tertiary/aromatic N) is 4. The maximum atomic E-state index is 13.1. The summed E-state index contributed by atoms with van der Waals surface area (Å²) in [7, 11) is 2.93. The van der Waals surface area contributed by atoms with E-state index in [9.17, 15) is 14.7 Å². The number of anilines is 2. The van der Waals surface area contributed by atoms with E-state index in [4.69, 9.17) is 24.4 Å². The number of nitrogens with two attached hydrogens (primary N) is 1. The molecule has 0 radical (unpaired) electrons. The molecule has 38 heavy (non-hydrogen) atoms. The Hall–Kier alpha value is -4.43. The monoisotopic (exact) mass is 542 g/mol. The van der Waals surface area contributed by atoms with Gasteiger partial charge in [-0.15, -0.1) is 10.2 Å². The first-order valence-corrected chi connectivity index (χ1v) is 12.1. The van der Waals surface area contributed by atoms with Crippen molar-refractivity contribution in [2.75, 3.05) is 31.9 Å². The first kappa shape index (κ1) is 26.6. The molecule has 1 aromatic carbocycles. The number of hydrogen-bond acceptors (Lipinski definition) is 12. The third-order valence-corrected chi connectivity index (χ3v) is 6.09. The molecule has 3 aromatic heterocycles. The van der Waals surface area contributed by atoms with Crippen LogP contribution in [0.25, 0.3) is 16.3 Å². The highest BCUT2D eigenvalue weighted by molar-refractivity contribution is 7.17. The van der Waals surface area contributed by atoms with Crippen molar-refractivity contribution in [1.29, 1.82) is 0 Å². The molecular weight excluding hydrogens is 516 g/mol. The lowest BCUT2D eigenvalue weighted by atomic mass is 10.0. The summed E-state index contributed by atoms with van der Waals surface area (Å²) in [5.74, 6) is -0.139. The van der Waals surface area contributed by atoms with Crippen LogP contribution in [0.5, 0.6) is 17.2 Å². The first-order valence-electron chi connectivity index (χ1n) is 11.3. The fourth-order valence-electron chi connectivity index (χ4n) is 3.42. The van der Waals surface area contributed by atoms with Crippen LogP contribution in [-0.4, -0.2) is 57.4 Å². The van der Waals surface area contributed by atoms with E-state index < -0.39 is 17.1 Å². The predicted octanol–water partition coefficient (Wildman–Crippen LogP) is 2.74. The Balaban J connectivity index is 1.73. The van der Waals surface area contributed by atoms with Crippen LogP contribution >= 0.6 is 11.3 Å². The van der Waals surface area contributed by atoms with Gasteiger partial charge in [0.2, 0.25) is 16.0 Å². The second-order valence-corrected chi connectivity index (χ2v) is 9.56. The molecule has 0 aliphatic heterocycles. The Morgan fingerprint density at radius 1 is 1.21 bits per heavy atom. The lowest BCUT2D eigenvalue weighted by molar-refractivity contribution is 0.0548. The van der Waals surface area contributed by atoms with E-state index in [1.165, 1.54) is 31.2 Å². The number of methoxy groups -OCH3 is 2. The summed E-state index contributed by atoms with van der Waals surface area (Å²) in [6.07, 6.45) is 1.74. The molecule has 0 saturated carbocycles. The Morgan fingerprint density at radius 3 is 2.53 bits per heavy atom. The van der Waals surface area contributed by atoms with Gasteiger partial charge in [-0.2, -0.15) is 9.78 Å². The second kappa shape index (κ2) is 10.9. The highest BCUT2D eigenvalue weighted by Crippen LogP contribution is 2.42. The van der Waals surface area contributed by atoms with Gasteiger partial charge >= 0.3 is 5.63 Å². The van der Waals surface area contributed by atoms with Crippen molar-refractivity contribution in [3.8, 4) is 33.5 Å². The average Bonchev–Trinajstić information content (AvgIpc) is 3.51. The Labute approximate surface area is 220 Å². The highest BCUT2D eigenvalue weighted by atomic mass is 32.1. The summed E-state index contributed by atoms with van der Waals surface area (Å²) >= 11 is 1.02. The van der Waals surface area contributed by atoms with E-state index in [-0.39, 0.29) is 35.2 Å². The summed E-state index contributed by atoms with van der Waals surface area (Å²) in [4.78, 5) is 26.2. The van der Waals surface area contributed by atoms with Crippen molar-refractivity contribution in [1.82, 2.24) is 20.0 Å². The van der Waals surface area contributed by atoms with Gasteiger partial charge in [0.05, 0.1) is 38.2 Å². The van der Waals surface area contributed by atoms with E-state index >= 15 is 0 Å². The van der Waals surface area contributed by atoms with Gasteiger partial charge in [0.1, 0.15) is 17.3 Å². The Kier molecular flexibility index (Phi) is 7.64. The van der Waals surface area contributed by atoms with Crippen LogP contribution in [0.4, 0.5) is 10.9 Å². The molecule has 0 fully saturated rings. The van der Waals surface area contributed by atoms with Gasteiger partial charge < -0.3 is 29.5 Å². The quantitative estimate of drug-likeness (QED) is 0.268. The third kappa shape index (κ3) is 5.76. The van der Waals surface area contributed by atoms with Gasteiger partial charge in [0.15, 0.2) is 5.76 Å². The normalized spacial score (nSPS) is 11.3. The van der Waals surface area contributed by atoms with Crippen LogP contribution in [0.3, 0.4) is 0 Å². The van der Waals surface area contributed by atoms with Gasteiger partial charge in [0.25, 0.3) is 5.91 Å². The molecule has 4 N–H and O–H groups in total. The Morgan fingerprint density at radius 2 is 1.92 bits per heavy atom. The molecular formula is C24H26N6O7S. The van der Waals surface area contributed by atoms with Crippen LogP contribution in [0.15, 0.2) is 45.7 Å². The van der Waals surface area contributed by atoms with Gasteiger partial charge in [0, 0.05) is 18.1 Å². The number of nitrogens with one attached hydrogen (secondary N) is 1. The van der Waals surface area contributed by atoms with Crippen LogP contribution in [-0.2, 0) is 0 Å². The van der Waals surface area contributed by atoms with E-state index in [1.807, 2.05) is 0 Å². The largest absolute Gasteiger partial charge is 0.496 e. The number of ether oxygens (including phenoxy) is 3. The topological polar surface area (TPSA) is 177 Å². The van der Waals surface area contributed by atoms with Gasteiger partial charge in [-0.25, -0.2) is 4.79 Å².